The highest BCUT2D eigenvalue weighted by molar-refractivity contribution is 5.91. The first-order valence-corrected chi connectivity index (χ1v) is 11.8. The van der Waals surface area contributed by atoms with E-state index in [0.717, 1.165) is 23.6 Å². The smallest absolute Gasteiger partial charge is 0.320 e. The number of nitrogens with one attached hydrogen (secondary N) is 3. The second kappa shape index (κ2) is 9.93. The number of rotatable bonds is 6. The van der Waals surface area contributed by atoms with Crippen LogP contribution in [0.5, 0.6) is 0 Å². The molecule has 35 heavy (non-hydrogen) atoms. The van der Waals surface area contributed by atoms with Crippen molar-refractivity contribution in [1.82, 2.24) is 20.2 Å². The number of carbonyl (C=O) groups excluding carboxylic acids is 1. The van der Waals surface area contributed by atoms with E-state index in [1.54, 1.807) is 18.5 Å². The zero-order valence-corrected chi connectivity index (χ0v) is 21.0. The Kier molecular flexibility index (Phi) is 6.95. The quantitative estimate of drug-likeness (QED) is 0.411. The molecule has 1 aromatic carbocycles. The van der Waals surface area contributed by atoms with E-state index in [4.69, 9.17) is 5.41 Å². The second-order valence-corrected chi connectivity index (χ2v) is 9.79. The van der Waals surface area contributed by atoms with Crippen LogP contribution in [0.1, 0.15) is 42.1 Å². The standard InChI is InChI=1S/C27H33N7O/c1-17-8-6-7-9-21(17)25-23(16-34(5)27(25,3)4)32-26(35)33-24-13-19(14-28)22(15-30-24)31-20-10-11-29-18(2)12-20/h6-15,23,25,28H,16H2,1-5H3,(H,29,31)(H2,30,32,33,35)/p+1/t23-,25+/m1/s1. The maximum Gasteiger partial charge on any atom is 0.320 e. The molecular formula is C27H34N7O+. The number of pyridine rings is 2. The van der Waals surface area contributed by atoms with Gasteiger partial charge < -0.3 is 10.7 Å². The Morgan fingerprint density at radius 1 is 1.20 bits per heavy atom. The molecule has 1 fully saturated rings. The second-order valence-electron chi connectivity index (χ2n) is 9.79. The fourth-order valence-electron chi connectivity index (χ4n) is 4.98. The van der Waals surface area contributed by atoms with Crippen molar-refractivity contribution in [3.05, 3.63) is 77.2 Å². The molecule has 0 aliphatic carbocycles. The average molecular weight is 473 g/mol. The largest absolute Gasteiger partial charge is 0.333 e. The number of benzene rings is 1. The number of aromatic nitrogens is 2. The van der Waals surface area contributed by atoms with E-state index in [-0.39, 0.29) is 23.5 Å². The Hall–Kier alpha value is -3.62. The first-order valence-electron chi connectivity index (χ1n) is 11.8. The Balaban J connectivity index is 1.49. The van der Waals surface area contributed by atoms with Crippen LogP contribution in [0.3, 0.4) is 0 Å². The summed E-state index contributed by atoms with van der Waals surface area (Å²) in [5.74, 6) is 0.549. The summed E-state index contributed by atoms with van der Waals surface area (Å²) < 4.78 is 0. The topological polar surface area (TPSA) is 111 Å². The number of carbonyl (C=O) groups is 1. The first-order chi connectivity index (χ1) is 16.7. The number of nitrogens with two attached hydrogens (primary N) is 1. The Morgan fingerprint density at radius 3 is 2.69 bits per heavy atom. The SMILES string of the molecule is Cc1cc([NH2+]c2cnc(NC(=O)N[C@@H]3CN(C)C(C)(C)[C@H]3c3ccccc3C)cc2C=N)ccn1. The van der Waals surface area contributed by atoms with Gasteiger partial charge in [-0.1, -0.05) is 24.3 Å². The highest BCUT2D eigenvalue weighted by Crippen LogP contribution is 2.42. The van der Waals surface area contributed by atoms with Crippen molar-refractivity contribution in [3.8, 4) is 0 Å². The molecule has 1 aliphatic heterocycles. The molecule has 3 heterocycles. The summed E-state index contributed by atoms with van der Waals surface area (Å²) >= 11 is 0. The third-order valence-electron chi connectivity index (χ3n) is 7.07. The molecular weight excluding hydrogens is 438 g/mol. The van der Waals surface area contributed by atoms with Crippen LogP contribution >= 0.6 is 0 Å². The van der Waals surface area contributed by atoms with Gasteiger partial charge in [0.25, 0.3) is 0 Å². The first kappa shape index (κ1) is 24.5. The third kappa shape index (κ3) is 5.23. The lowest BCUT2D eigenvalue weighted by Crippen LogP contribution is -2.71. The molecule has 0 radical (unpaired) electrons. The molecule has 0 unspecified atom stereocenters. The highest BCUT2D eigenvalue weighted by Gasteiger charge is 2.47. The maximum atomic E-state index is 13.0. The highest BCUT2D eigenvalue weighted by atomic mass is 16.2. The molecule has 2 atom stereocenters. The number of quaternary nitrogens is 1. The van der Waals surface area contributed by atoms with Crippen LogP contribution in [-0.4, -0.2) is 52.3 Å². The minimum absolute atomic E-state index is 0.0548. The van der Waals surface area contributed by atoms with Gasteiger partial charge in [-0.15, -0.1) is 0 Å². The molecule has 8 nitrogen and oxygen atoms in total. The number of anilines is 1. The Morgan fingerprint density at radius 2 is 1.97 bits per heavy atom. The molecule has 0 saturated carbocycles. The zero-order chi connectivity index (χ0) is 25.2. The predicted octanol–water partition coefficient (Wildman–Crippen LogP) is 3.62. The fourth-order valence-corrected chi connectivity index (χ4v) is 4.98. The van der Waals surface area contributed by atoms with Crippen LogP contribution in [0.4, 0.5) is 22.0 Å². The summed E-state index contributed by atoms with van der Waals surface area (Å²) in [6.07, 6.45) is 4.70. The number of likely N-dealkylation sites (N-methyl/N-ethyl adjacent to an activating group) is 1. The molecule has 0 bridgehead atoms. The number of amides is 2. The summed E-state index contributed by atoms with van der Waals surface area (Å²) in [5.41, 5.74) is 5.74. The molecule has 5 N–H and O–H groups in total. The molecule has 0 spiro atoms. The Bertz CT molecular complexity index is 1240. The van der Waals surface area contributed by atoms with E-state index < -0.39 is 0 Å². The number of aryl methyl sites for hydroxylation is 2. The average Bonchev–Trinajstić information content (AvgIpc) is 3.02. The van der Waals surface area contributed by atoms with Crippen molar-refractivity contribution in [3.63, 3.8) is 0 Å². The van der Waals surface area contributed by atoms with E-state index in [9.17, 15) is 4.79 Å². The van der Waals surface area contributed by atoms with Gasteiger partial charge in [-0.2, -0.15) is 0 Å². The fraction of sp³-hybridized carbons (Fsp3) is 0.333. The van der Waals surface area contributed by atoms with E-state index >= 15 is 0 Å². The maximum absolute atomic E-state index is 13.0. The van der Waals surface area contributed by atoms with Crippen molar-refractivity contribution < 1.29 is 10.1 Å². The zero-order valence-electron chi connectivity index (χ0n) is 21.0. The minimum Gasteiger partial charge on any atom is -0.333 e. The molecule has 1 saturated heterocycles. The lowest BCUT2D eigenvalue weighted by molar-refractivity contribution is -0.479. The summed E-state index contributed by atoms with van der Waals surface area (Å²) in [6.45, 7) is 9.25. The summed E-state index contributed by atoms with van der Waals surface area (Å²) in [7, 11) is 2.10. The van der Waals surface area contributed by atoms with Gasteiger partial charge in [0.2, 0.25) is 0 Å². The van der Waals surface area contributed by atoms with Gasteiger partial charge in [0.1, 0.15) is 11.5 Å². The molecule has 182 valence electrons. The minimum atomic E-state index is -0.301. The lowest BCUT2D eigenvalue weighted by atomic mass is 9.78. The lowest BCUT2D eigenvalue weighted by Gasteiger charge is -2.35. The van der Waals surface area contributed by atoms with E-state index in [1.165, 1.54) is 17.3 Å². The van der Waals surface area contributed by atoms with Crippen LogP contribution in [0.2, 0.25) is 0 Å². The number of hydrogen-bond donors (Lipinski definition) is 4. The molecule has 2 amide bonds. The predicted molar refractivity (Wildman–Crippen MR) is 139 cm³/mol. The summed E-state index contributed by atoms with van der Waals surface area (Å²) in [6, 6.07) is 13.6. The number of nitrogens with zero attached hydrogens (tertiary/aromatic N) is 3. The molecule has 3 aromatic rings. The third-order valence-corrected chi connectivity index (χ3v) is 7.07. The van der Waals surface area contributed by atoms with Crippen LogP contribution in [0, 0.1) is 19.3 Å². The molecule has 8 heteroatoms. The van der Waals surface area contributed by atoms with E-state index in [2.05, 4.69) is 71.5 Å². The van der Waals surface area contributed by atoms with Crippen molar-refractivity contribution in [2.24, 2.45) is 0 Å². The summed E-state index contributed by atoms with van der Waals surface area (Å²) in [5, 5.41) is 15.8. The van der Waals surface area contributed by atoms with Crippen LogP contribution < -0.4 is 16.0 Å². The van der Waals surface area contributed by atoms with Crippen LogP contribution in [0.15, 0.2) is 54.9 Å². The van der Waals surface area contributed by atoms with Gasteiger partial charge in [-0.3, -0.25) is 20.5 Å². The number of hydrogen-bond acceptors (Lipinski definition) is 5. The number of urea groups is 1. The molecule has 2 aromatic heterocycles. The normalized spacial score (nSPS) is 19.3. The Labute approximate surface area is 206 Å². The van der Waals surface area contributed by atoms with Gasteiger partial charge in [0, 0.05) is 48.2 Å². The van der Waals surface area contributed by atoms with Gasteiger partial charge in [0.15, 0.2) is 5.69 Å². The van der Waals surface area contributed by atoms with Crippen molar-refractivity contribution in [2.45, 2.75) is 45.2 Å². The monoisotopic (exact) mass is 472 g/mol. The van der Waals surface area contributed by atoms with Gasteiger partial charge in [-0.25, -0.2) is 9.78 Å². The van der Waals surface area contributed by atoms with Crippen LogP contribution in [0.25, 0.3) is 0 Å². The number of likely N-dealkylation sites (tertiary alicyclic amines) is 1. The van der Waals surface area contributed by atoms with Crippen molar-refractivity contribution >= 4 is 29.4 Å². The van der Waals surface area contributed by atoms with Crippen molar-refractivity contribution in [1.29, 1.82) is 5.41 Å². The summed E-state index contributed by atoms with van der Waals surface area (Å²) in [4.78, 5) is 23.9. The van der Waals surface area contributed by atoms with Gasteiger partial charge in [-0.05, 0) is 51.9 Å². The van der Waals surface area contributed by atoms with Crippen LogP contribution in [-0.2, 0) is 0 Å². The van der Waals surface area contributed by atoms with Gasteiger partial charge >= 0.3 is 6.03 Å². The molecule has 4 rings (SSSR count). The van der Waals surface area contributed by atoms with E-state index in [0.29, 0.717) is 11.4 Å². The molecule has 1 aliphatic rings. The van der Waals surface area contributed by atoms with Gasteiger partial charge in [0.05, 0.1) is 17.8 Å². The van der Waals surface area contributed by atoms with E-state index in [1.807, 2.05) is 30.4 Å². The van der Waals surface area contributed by atoms with Crippen molar-refractivity contribution in [2.75, 3.05) is 18.9 Å².